The molecule has 1 aliphatic rings. The molecule has 4 nitrogen and oxygen atoms in total. The molecular weight excluding hydrogens is 271 g/mol. The van der Waals surface area contributed by atoms with Crippen LogP contribution in [0, 0.1) is 5.82 Å². The van der Waals surface area contributed by atoms with E-state index >= 15 is 0 Å². The van der Waals surface area contributed by atoms with Crippen LogP contribution in [0.3, 0.4) is 0 Å². The Balaban J connectivity index is 1.98. The van der Waals surface area contributed by atoms with E-state index in [9.17, 15) is 4.39 Å². The average Bonchev–Trinajstić information content (AvgIpc) is 2.97. The Morgan fingerprint density at radius 2 is 2.00 bits per heavy atom. The van der Waals surface area contributed by atoms with Gasteiger partial charge in [0, 0.05) is 6.42 Å². The molecule has 0 bridgehead atoms. The van der Waals surface area contributed by atoms with Gasteiger partial charge in [0.2, 0.25) is 0 Å². The fourth-order valence-electron chi connectivity index (χ4n) is 2.63. The highest BCUT2D eigenvalue weighted by Gasteiger charge is 2.18. The summed E-state index contributed by atoms with van der Waals surface area (Å²) in [6, 6.07) is 10.5. The number of halogens is 1. The molecule has 2 aromatic rings. The van der Waals surface area contributed by atoms with E-state index in [1.54, 1.807) is 12.1 Å². The molecule has 5 heteroatoms. The predicted molar refractivity (Wildman–Crippen MR) is 77.8 cm³/mol. The minimum atomic E-state index is -0.389. The smallest absolute Gasteiger partial charge is 0.165 e. The number of hydrogen-bond donors (Lipinski definition) is 2. The molecular formula is C16H17FN2O2. The van der Waals surface area contributed by atoms with Crippen LogP contribution in [0.15, 0.2) is 36.4 Å². The maximum absolute atomic E-state index is 13.5. The zero-order valence-corrected chi connectivity index (χ0v) is 11.7. The lowest BCUT2D eigenvalue weighted by atomic mass is 9.96. The average molecular weight is 288 g/mol. The first-order valence-electron chi connectivity index (χ1n) is 6.78. The number of nitrogens with one attached hydrogen (secondary N) is 1. The Hall–Kier alpha value is -2.11. The molecule has 1 aliphatic heterocycles. The number of methoxy groups -OCH3 is 1. The SMILES string of the molecule is COc1cc(C(NN)c2ccc3c(c2)CCO3)ccc1F. The third-order valence-corrected chi connectivity index (χ3v) is 3.72. The molecule has 21 heavy (non-hydrogen) atoms. The highest BCUT2D eigenvalue weighted by molar-refractivity contribution is 5.44. The Bertz CT molecular complexity index is 650. The molecule has 110 valence electrons. The lowest BCUT2D eigenvalue weighted by Gasteiger charge is -2.18. The predicted octanol–water partition coefficient (Wildman–Crippen LogP) is 2.32. The molecule has 1 heterocycles. The highest BCUT2D eigenvalue weighted by Crippen LogP contribution is 2.31. The van der Waals surface area contributed by atoms with Crippen molar-refractivity contribution in [3.8, 4) is 11.5 Å². The van der Waals surface area contributed by atoms with Crippen LogP contribution in [0.4, 0.5) is 4.39 Å². The van der Waals surface area contributed by atoms with Gasteiger partial charge in [-0.1, -0.05) is 18.2 Å². The van der Waals surface area contributed by atoms with Crippen molar-refractivity contribution < 1.29 is 13.9 Å². The fourth-order valence-corrected chi connectivity index (χ4v) is 2.63. The van der Waals surface area contributed by atoms with Crippen molar-refractivity contribution in [3.63, 3.8) is 0 Å². The number of fused-ring (bicyclic) bond motifs is 1. The molecule has 1 atom stereocenters. The van der Waals surface area contributed by atoms with E-state index in [2.05, 4.69) is 11.5 Å². The Kier molecular flexibility index (Phi) is 3.77. The zero-order chi connectivity index (χ0) is 14.8. The van der Waals surface area contributed by atoms with Crippen LogP contribution in [0.5, 0.6) is 11.5 Å². The molecule has 1 unspecified atom stereocenters. The van der Waals surface area contributed by atoms with E-state index in [4.69, 9.17) is 15.3 Å². The lowest BCUT2D eigenvalue weighted by Crippen LogP contribution is -2.29. The third-order valence-electron chi connectivity index (χ3n) is 3.72. The van der Waals surface area contributed by atoms with E-state index in [0.717, 1.165) is 23.3 Å². The molecule has 0 radical (unpaired) electrons. The molecule has 3 N–H and O–H groups in total. The monoisotopic (exact) mass is 288 g/mol. The minimum Gasteiger partial charge on any atom is -0.494 e. The van der Waals surface area contributed by atoms with Gasteiger partial charge in [-0.2, -0.15) is 0 Å². The van der Waals surface area contributed by atoms with Gasteiger partial charge in [0.25, 0.3) is 0 Å². The Morgan fingerprint density at radius 3 is 2.76 bits per heavy atom. The van der Waals surface area contributed by atoms with Crippen LogP contribution in [-0.2, 0) is 6.42 Å². The van der Waals surface area contributed by atoms with E-state index in [0.29, 0.717) is 6.61 Å². The first-order valence-corrected chi connectivity index (χ1v) is 6.78. The molecule has 0 aromatic heterocycles. The van der Waals surface area contributed by atoms with Crippen LogP contribution >= 0.6 is 0 Å². The summed E-state index contributed by atoms with van der Waals surface area (Å²) in [6.07, 6.45) is 0.896. The molecule has 0 amide bonds. The number of nitrogens with two attached hydrogens (primary N) is 1. The molecule has 0 saturated carbocycles. The first kappa shape index (κ1) is 13.9. The summed E-state index contributed by atoms with van der Waals surface area (Å²) in [6.45, 7) is 0.712. The van der Waals surface area contributed by atoms with Gasteiger partial charge in [0.1, 0.15) is 5.75 Å². The third kappa shape index (κ3) is 2.57. The summed E-state index contributed by atoms with van der Waals surface area (Å²) in [7, 11) is 1.44. The largest absolute Gasteiger partial charge is 0.494 e. The van der Waals surface area contributed by atoms with E-state index in [1.807, 2.05) is 12.1 Å². The summed E-state index contributed by atoms with van der Waals surface area (Å²) in [4.78, 5) is 0. The van der Waals surface area contributed by atoms with Gasteiger partial charge in [-0.15, -0.1) is 0 Å². The normalized spacial score (nSPS) is 14.4. The molecule has 0 fully saturated rings. The van der Waals surface area contributed by atoms with Crippen LogP contribution in [-0.4, -0.2) is 13.7 Å². The van der Waals surface area contributed by atoms with Crippen molar-refractivity contribution in [2.75, 3.05) is 13.7 Å². The second kappa shape index (κ2) is 5.71. The lowest BCUT2D eigenvalue weighted by molar-refractivity contribution is 0.357. The summed E-state index contributed by atoms with van der Waals surface area (Å²) in [5.74, 6) is 6.43. The summed E-state index contributed by atoms with van der Waals surface area (Å²) in [5, 5.41) is 0. The number of ether oxygens (including phenoxy) is 2. The summed E-state index contributed by atoms with van der Waals surface area (Å²) < 4.78 is 24.1. The molecule has 3 rings (SSSR count). The van der Waals surface area contributed by atoms with E-state index in [-0.39, 0.29) is 17.6 Å². The van der Waals surface area contributed by atoms with Gasteiger partial charge >= 0.3 is 0 Å². The maximum Gasteiger partial charge on any atom is 0.165 e. The van der Waals surface area contributed by atoms with Crippen molar-refractivity contribution >= 4 is 0 Å². The molecule has 2 aromatic carbocycles. The Labute approximate surface area is 122 Å². The second-order valence-corrected chi connectivity index (χ2v) is 4.96. The summed E-state index contributed by atoms with van der Waals surface area (Å²) >= 11 is 0. The van der Waals surface area contributed by atoms with Gasteiger partial charge in [-0.05, 0) is 34.9 Å². The second-order valence-electron chi connectivity index (χ2n) is 4.96. The molecule has 0 spiro atoms. The van der Waals surface area contributed by atoms with Gasteiger partial charge in [0.15, 0.2) is 11.6 Å². The summed E-state index contributed by atoms with van der Waals surface area (Å²) in [5.41, 5.74) is 5.80. The van der Waals surface area contributed by atoms with Gasteiger partial charge < -0.3 is 9.47 Å². The molecule has 0 aliphatic carbocycles. The number of benzene rings is 2. The zero-order valence-electron chi connectivity index (χ0n) is 11.7. The minimum absolute atomic E-state index is 0.206. The van der Waals surface area contributed by atoms with Crippen molar-refractivity contribution in [1.29, 1.82) is 0 Å². The first-order chi connectivity index (χ1) is 10.2. The van der Waals surface area contributed by atoms with Gasteiger partial charge in [-0.3, -0.25) is 5.84 Å². The Morgan fingerprint density at radius 1 is 1.24 bits per heavy atom. The van der Waals surface area contributed by atoms with Crippen LogP contribution < -0.4 is 20.7 Å². The van der Waals surface area contributed by atoms with Gasteiger partial charge in [-0.25, -0.2) is 9.82 Å². The number of rotatable bonds is 4. The highest BCUT2D eigenvalue weighted by atomic mass is 19.1. The standard InChI is InChI=1S/C16H17FN2O2/c1-20-15-9-12(2-4-13(15)17)16(19-18)11-3-5-14-10(8-11)6-7-21-14/h2-5,8-9,16,19H,6-7,18H2,1H3. The maximum atomic E-state index is 13.5. The molecule has 0 saturated heterocycles. The van der Waals surface area contributed by atoms with Crippen LogP contribution in [0.1, 0.15) is 22.7 Å². The van der Waals surface area contributed by atoms with Crippen molar-refractivity contribution in [2.45, 2.75) is 12.5 Å². The van der Waals surface area contributed by atoms with Crippen LogP contribution in [0.2, 0.25) is 0 Å². The quantitative estimate of drug-likeness (QED) is 0.669. The fraction of sp³-hybridized carbons (Fsp3) is 0.250. The topological polar surface area (TPSA) is 56.5 Å². The van der Waals surface area contributed by atoms with Crippen molar-refractivity contribution in [2.24, 2.45) is 5.84 Å². The van der Waals surface area contributed by atoms with Crippen LogP contribution in [0.25, 0.3) is 0 Å². The van der Waals surface area contributed by atoms with Crippen molar-refractivity contribution in [1.82, 2.24) is 5.43 Å². The van der Waals surface area contributed by atoms with E-state index in [1.165, 1.54) is 18.7 Å². The van der Waals surface area contributed by atoms with E-state index < -0.39 is 0 Å². The number of hydrazine groups is 1. The van der Waals surface area contributed by atoms with Gasteiger partial charge in [0.05, 0.1) is 19.8 Å². The van der Waals surface area contributed by atoms with Crippen molar-refractivity contribution in [3.05, 3.63) is 58.9 Å². The number of hydrogen-bond acceptors (Lipinski definition) is 4.